The van der Waals surface area contributed by atoms with Crippen LogP contribution in [0.5, 0.6) is 5.75 Å². The largest absolute Gasteiger partial charge is 0.493 e. The molecule has 0 aromatic heterocycles. The number of amides is 1. The van der Waals surface area contributed by atoms with Gasteiger partial charge in [-0.3, -0.25) is 9.69 Å². The summed E-state index contributed by atoms with van der Waals surface area (Å²) in [5.41, 5.74) is 3.14. The molecule has 2 aromatic rings. The van der Waals surface area contributed by atoms with E-state index < -0.39 is 0 Å². The summed E-state index contributed by atoms with van der Waals surface area (Å²) in [6, 6.07) is 14.0. The van der Waals surface area contributed by atoms with Gasteiger partial charge in [-0.15, -0.1) is 0 Å². The fourth-order valence-electron chi connectivity index (χ4n) is 3.68. The first-order valence-corrected chi connectivity index (χ1v) is 9.58. The van der Waals surface area contributed by atoms with Crippen molar-refractivity contribution in [1.82, 2.24) is 10.2 Å². The van der Waals surface area contributed by atoms with E-state index in [1.54, 1.807) is 0 Å². The second-order valence-electron chi connectivity index (χ2n) is 7.07. The van der Waals surface area contributed by atoms with Crippen molar-refractivity contribution in [2.24, 2.45) is 0 Å². The Kier molecular flexibility index (Phi) is 5.14. The van der Waals surface area contributed by atoms with Crippen molar-refractivity contribution in [1.29, 1.82) is 0 Å². The minimum Gasteiger partial charge on any atom is -0.493 e. The number of carbonyl (C=O) groups excluding carboxylic acids is 1. The van der Waals surface area contributed by atoms with E-state index in [1.165, 1.54) is 5.56 Å². The third-order valence-electron chi connectivity index (χ3n) is 5.19. The monoisotopic (exact) mass is 370 g/mol. The molecular weight excluding hydrogens is 348 g/mol. The molecule has 0 radical (unpaired) electrons. The topological polar surface area (TPSA) is 41.6 Å². The molecule has 26 heavy (non-hydrogen) atoms. The van der Waals surface area contributed by atoms with Crippen molar-refractivity contribution in [2.75, 3.05) is 19.7 Å². The van der Waals surface area contributed by atoms with Crippen molar-refractivity contribution in [3.05, 3.63) is 64.2 Å². The second-order valence-corrected chi connectivity index (χ2v) is 7.51. The molecule has 0 spiro atoms. The highest BCUT2D eigenvalue weighted by Crippen LogP contribution is 2.26. The number of ether oxygens (including phenoxy) is 1. The Morgan fingerprint density at radius 2 is 1.92 bits per heavy atom. The number of benzene rings is 2. The lowest BCUT2D eigenvalue weighted by Gasteiger charge is -2.32. The zero-order valence-electron chi connectivity index (χ0n) is 14.7. The van der Waals surface area contributed by atoms with Crippen LogP contribution in [0.25, 0.3) is 0 Å². The van der Waals surface area contributed by atoms with E-state index in [0.29, 0.717) is 6.61 Å². The molecule has 1 N–H and O–H groups in total. The number of nitrogens with one attached hydrogen (secondary N) is 1. The molecule has 0 saturated carbocycles. The van der Waals surface area contributed by atoms with Crippen molar-refractivity contribution >= 4 is 17.5 Å². The molecule has 1 saturated heterocycles. The van der Waals surface area contributed by atoms with E-state index in [9.17, 15) is 4.79 Å². The molecule has 2 heterocycles. The van der Waals surface area contributed by atoms with Crippen LogP contribution in [0.15, 0.2) is 42.5 Å². The first-order valence-electron chi connectivity index (χ1n) is 9.21. The highest BCUT2D eigenvalue weighted by molar-refractivity contribution is 6.30. The quantitative estimate of drug-likeness (QED) is 0.892. The fraction of sp³-hybridized carbons (Fsp3) is 0.381. The lowest BCUT2D eigenvalue weighted by molar-refractivity contribution is 0.0909. The number of fused-ring (bicyclic) bond motifs is 1. The molecule has 0 unspecified atom stereocenters. The Bertz CT molecular complexity index is 783. The Morgan fingerprint density at radius 3 is 2.69 bits per heavy atom. The highest BCUT2D eigenvalue weighted by Gasteiger charge is 2.22. The van der Waals surface area contributed by atoms with Crippen LogP contribution in [0, 0.1) is 0 Å². The highest BCUT2D eigenvalue weighted by atomic mass is 35.5. The summed E-state index contributed by atoms with van der Waals surface area (Å²) < 4.78 is 5.51. The van der Waals surface area contributed by atoms with Crippen LogP contribution in [0.3, 0.4) is 0 Å². The molecule has 0 atom stereocenters. The number of halogens is 1. The van der Waals surface area contributed by atoms with E-state index in [0.717, 1.165) is 60.8 Å². The van der Waals surface area contributed by atoms with Crippen LogP contribution < -0.4 is 10.1 Å². The zero-order valence-corrected chi connectivity index (χ0v) is 15.5. The molecule has 1 fully saturated rings. The number of rotatable bonds is 4. The summed E-state index contributed by atoms with van der Waals surface area (Å²) in [5, 5.41) is 3.97. The number of hydrogen-bond donors (Lipinski definition) is 1. The van der Waals surface area contributed by atoms with Crippen molar-refractivity contribution < 1.29 is 9.53 Å². The van der Waals surface area contributed by atoms with Crippen LogP contribution in [0.2, 0.25) is 5.02 Å². The summed E-state index contributed by atoms with van der Waals surface area (Å²) in [5.74, 6) is 0.938. The molecule has 136 valence electrons. The summed E-state index contributed by atoms with van der Waals surface area (Å²) in [6.07, 6.45) is 2.85. The van der Waals surface area contributed by atoms with Gasteiger partial charge in [-0.2, -0.15) is 0 Å². The van der Waals surface area contributed by atoms with Gasteiger partial charge in [0, 0.05) is 42.7 Å². The summed E-state index contributed by atoms with van der Waals surface area (Å²) in [4.78, 5) is 15.0. The average molecular weight is 371 g/mol. The van der Waals surface area contributed by atoms with Crippen LogP contribution in [0.1, 0.15) is 34.3 Å². The zero-order chi connectivity index (χ0) is 17.9. The summed E-state index contributed by atoms with van der Waals surface area (Å²) in [7, 11) is 0. The van der Waals surface area contributed by atoms with Gasteiger partial charge in [0.2, 0.25) is 0 Å². The SMILES string of the molecule is O=C(NC1CCN(Cc2ccc(Cl)cc2)CC1)c1ccc2c(c1)CCO2. The lowest BCUT2D eigenvalue weighted by Crippen LogP contribution is -2.44. The van der Waals surface area contributed by atoms with E-state index in [2.05, 4.69) is 22.3 Å². The number of hydrogen-bond acceptors (Lipinski definition) is 3. The van der Waals surface area contributed by atoms with Crippen molar-refractivity contribution in [3.63, 3.8) is 0 Å². The van der Waals surface area contributed by atoms with Gasteiger partial charge in [0.25, 0.3) is 5.91 Å². The molecule has 2 aliphatic heterocycles. The Labute approximate surface area is 159 Å². The number of likely N-dealkylation sites (tertiary alicyclic amines) is 1. The van der Waals surface area contributed by atoms with Crippen molar-refractivity contribution in [2.45, 2.75) is 31.8 Å². The molecule has 1 amide bonds. The average Bonchev–Trinajstić information content (AvgIpc) is 3.13. The van der Waals surface area contributed by atoms with Gasteiger partial charge in [-0.1, -0.05) is 23.7 Å². The number of carbonyl (C=O) groups is 1. The van der Waals surface area contributed by atoms with Gasteiger partial charge in [0.05, 0.1) is 6.61 Å². The van der Waals surface area contributed by atoms with Crippen LogP contribution in [0.4, 0.5) is 0 Å². The molecule has 0 aliphatic carbocycles. The maximum absolute atomic E-state index is 12.5. The van der Waals surface area contributed by atoms with Gasteiger partial charge < -0.3 is 10.1 Å². The molecule has 4 nitrogen and oxygen atoms in total. The predicted molar refractivity (Wildman–Crippen MR) is 103 cm³/mol. The Hall–Kier alpha value is -2.04. The van der Waals surface area contributed by atoms with Crippen LogP contribution in [-0.4, -0.2) is 36.5 Å². The van der Waals surface area contributed by atoms with E-state index >= 15 is 0 Å². The first kappa shape index (κ1) is 17.4. The minimum atomic E-state index is 0.0239. The first-order chi connectivity index (χ1) is 12.7. The number of piperidine rings is 1. The van der Waals surface area contributed by atoms with Crippen LogP contribution in [-0.2, 0) is 13.0 Å². The molecule has 2 aliphatic rings. The summed E-state index contributed by atoms with van der Waals surface area (Å²) >= 11 is 5.94. The van der Waals surface area contributed by atoms with E-state index in [-0.39, 0.29) is 11.9 Å². The predicted octanol–water partition coefficient (Wildman–Crippen LogP) is 3.67. The summed E-state index contributed by atoms with van der Waals surface area (Å²) in [6.45, 7) is 3.63. The van der Waals surface area contributed by atoms with Crippen LogP contribution >= 0.6 is 11.6 Å². The van der Waals surface area contributed by atoms with E-state index in [1.807, 2.05) is 30.3 Å². The maximum Gasteiger partial charge on any atom is 0.251 e. The van der Waals surface area contributed by atoms with Crippen molar-refractivity contribution in [3.8, 4) is 5.75 Å². The Morgan fingerprint density at radius 1 is 1.15 bits per heavy atom. The maximum atomic E-state index is 12.5. The molecule has 5 heteroatoms. The molecular formula is C21H23ClN2O2. The molecule has 4 rings (SSSR count). The van der Waals surface area contributed by atoms with Gasteiger partial charge >= 0.3 is 0 Å². The van der Waals surface area contributed by atoms with E-state index in [4.69, 9.17) is 16.3 Å². The lowest BCUT2D eigenvalue weighted by atomic mass is 10.0. The fourth-order valence-corrected chi connectivity index (χ4v) is 3.81. The van der Waals surface area contributed by atoms with Gasteiger partial charge in [0.15, 0.2) is 0 Å². The number of nitrogens with zero attached hydrogens (tertiary/aromatic N) is 1. The standard InChI is InChI=1S/C21H23ClN2O2/c22-18-4-1-15(2-5-18)14-24-10-7-19(8-11-24)23-21(25)17-3-6-20-16(13-17)9-12-26-20/h1-6,13,19H,7-12,14H2,(H,23,25). The Balaban J connectivity index is 1.28. The molecule has 2 aromatic carbocycles. The minimum absolute atomic E-state index is 0.0239. The van der Waals surface area contributed by atoms with Gasteiger partial charge in [-0.25, -0.2) is 0 Å². The third kappa shape index (κ3) is 4.02. The van der Waals surface area contributed by atoms with Gasteiger partial charge in [0.1, 0.15) is 5.75 Å². The third-order valence-corrected chi connectivity index (χ3v) is 5.45. The molecule has 0 bridgehead atoms. The second kappa shape index (κ2) is 7.68. The normalized spacial score (nSPS) is 17.6. The van der Waals surface area contributed by atoms with Gasteiger partial charge in [-0.05, 0) is 54.3 Å². The smallest absolute Gasteiger partial charge is 0.251 e.